The van der Waals surface area contributed by atoms with Gasteiger partial charge in [0.15, 0.2) is 0 Å². The lowest BCUT2D eigenvalue weighted by Gasteiger charge is -2.31. The van der Waals surface area contributed by atoms with Crippen molar-refractivity contribution >= 4 is 6.03 Å². The molecule has 1 atom stereocenters. The molecule has 3 N–H and O–H groups in total. The van der Waals surface area contributed by atoms with Gasteiger partial charge in [0.1, 0.15) is 0 Å². The van der Waals surface area contributed by atoms with Crippen LogP contribution in [-0.4, -0.2) is 12.1 Å². The number of carbonyl (C=O) groups excluding carboxylic acids is 1. The van der Waals surface area contributed by atoms with E-state index in [2.05, 4.69) is 5.32 Å². The summed E-state index contributed by atoms with van der Waals surface area (Å²) in [6, 6.07) is -0.134. The van der Waals surface area contributed by atoms with Gasteiger partial charge >= 0.3 is 6.03 Å². The van der Waals surface area contributed by atoms with Crippen molar-refractivity contribution < 1.29 is 4.79 Å². The van der Waals surface area contributed by atoms with Crippen LogP contribution in [0.2, 0.25) is 0 Å². The van der Waals surface area contributed by atoms with E-state index in [0.717, 1.165) is 0 Å². The summed E-state index contributed by atoms with van der Waals surface area (Å²) >= 11 is 0. The lowest BCUT2D eigenvalue weighted by Crippen LogP contribution is -2.43. The number of nitrogens with one attached hydrogen (secondary N) is 1. The summed E-state index contributed by atoms with van der Waals surface area (Å²) < 4.78 is 0. The van der Waals surface area contributed by atoms with E-state index in [-0.39, 0.29) is 6.04 Å². The molecule has 0 bridgehead atoms. The molecule has 10 heavy (non-hydrogen) atoms. The van der Waals surface area contributed by atoms with Crippen molar-refractivity contribution in [1.82, 2.24) is 5.32 Å². The predicted octanol–water partition coefficient (Wildman–Crippen LogP) is 0.843. The Labute approximate surface area is 61.0 Å². The third kappa shape index (κ3) is 1.62. The van der Waals surface area contributed by atoms with Crippen molar-refractivity contribution in [2.45, 2.75) is 32.2 Å². The Balaban J connectivity index is 2.19. The lowest BCUT2D eigenvalue weighted by atomic mass is 9.80. The lowest BCUT2D eigenvalue weighted by molar-refractivity contribution is 0.219. The van der Waals surface area contributed by atoms with Gasteiger partial charge in [0.05, 0.1) is 0 Å². The average Bonchev–Trinajstić information content (AvgIpc) is 1.55. The first-order chi connectivity index (χ1) is 4.70. The number of primary amides is 1. The predicted molar refractivity (Wildman–Crippen MR) is 39.5 cm³/mol. The second kappa shape index (κ2) is 2.90. The summed E-state index contributed by atoms with van der Waals surface area (Å²) in [5.41, 5.74) is 4.96. The third-order valence-electron chi connectivity index (χ3n) is 2.23. The summed E-state index contributed by atoms with van der Waals surface area (Å²) in [7, 11) is 0. The van der Waals surface area contributed by atoms with Gasteiger partial charge in [-0.15, -0.1) is 0 Å². The number of amides is 2. The largest absolute Gasteiger partial charge is 0.352 e. The molecule has 0 aliphatic heterocycles. The molecule has 3 nitrogen and oxygen atoms in total. The number of nitrogens with two attached hydrogens (primary N) is 1. The second-order valence-corrected chi connectivity index (χ2v) is 2.99. The molecular formula is C7H14N2O. The molecule has 58 valence electrons. The molecule has 1 fully saturated rings. The van der Waals surface area contributed by atoms with Crippen LogP contribution in [0.4, 0.5) is 4.79 Å². The first-order valence-electron chi connectivity index (χ1n) is 3.76. The number of carbonyl (C=O) groups is 1. The second-order valence-electron chi connectivity index (χ2n) is 2.99. The van der Waals surface area contributed by atoms with Crippen LogP contribution in [0.1, 0.15) is 26.2 Å². The van der Waals surface area contributed by atoms with Crippen molar-refractivity contribution in [3.8, 4) is 0 Å². The summed E-state index contributed by atoms with van der Waals surface area (Å²) in [5.74, 6) is 0.674. The summed E-state index contributed by atoms with van der Waals surface area (Å²) in [4.78, 5) is 10.4. The fraction of sp³-hybridized carbons (Fsp3) is 0.857. The van der Waals surface area contributed by atoms with Crippen LogP contribution < -0.4 is 11.1 Å². The first-order valence-corrected chi connectivity index (χ1v) is 3.76. The zero-order valence-electron chi connectivity index (χ0n) is 6.26. The van der Waals surface area contributed by atoms with Crippen molar-refractivity contribution in [2.24, 2.45) is 11.7 Å². The van der Waals surface area contributed by atoms with E-state index >= 15 is 0 Å². The molecule has 0 spiro atoms. The smallest absolute Gasteiger partial charge is 0.312 e. The topological polar surface area (TPSA) is 55.1 Å². The molecule has 0 aromatic rings. The number of hydrogen-bond acceptors (Lipinski definition) is 1. The Kier molecular flexibility index (Phi) is 2.14. The molecule has 0 aromatic carbocycles. The van der Waals surface area contributed by atoms with Crippen molar-refractivity contribution in [3.63, 3.8) is 0 Å². The van der Waals surface area contributed by atoms with Crippen molar-refractivity contribution in [2.75, 3.05) is 0 Å². The van der Waals surface area contributed by atoms with Crippen LogP contribution in [-0.2, 0) is 0 Å². The highest BCUT2D eigenvalue weighted by Gasteiger charge is 2.24. The minimum atomic E-state index is -0.403. The van der Waals surface area contributed by atoms with Crippen LogP contribution in [0, 0.1) is 5.92 Å². The van der Waals surface area contributed by atoms with E-state index in [1.807, 2.05) is 6.92 Å². The van der Waals surface area contributed by atoms with E-state index in [9.17, 15) is 4.79 Å². The van der Waals surface area contributed by atoms with Crippen LogP contribution >= 0.6 is 0 Å². The molecule has 0 saturated heterocycles. The number of hydrogen-bond donors (Lipinski definition) is 2. The first kappa shape index (κ1) is 7.38. The number of rotatable bonds is 2. The van der Waals surface area contributed by atoms with Gasteiger partial charge in [0.25, 0.3) is 0 Å². The quantitative estimate of drug-likeness (QED) is 0.590. The average molecular weight is 142 g/mol. The van der Waals surface area contributed by atoms with Crippen LogP contribution in [0.15, 0.2) is 0 Å². The summed E-state index contributed by atoms with van der Waals surface area (Å²) in [6.45, 7) is 2.01. The molecule has 1 saturated carbocycles. The van der Waals surface area contributed by atoms with E-state index in [4.69, 9.17) is 5.73 Å². The summed E-state index contributed by atoms with van der Waals surface area (Å²) in [5, 5.41) is 2.68. The fourth-order valence-electron chi connectivity index (χ4n) is 1.28. The third-order valence-corrected chi connectivity index (χ3v) is 2.23. The van der Waals surface area contributed by atoms with Crippen LogP contribution in [0.25, 0.3) is 0 Å². The maximum absolute atomic E-state index is 10.4. The van der Waals surface area contributed by atoms with E-state index < -0.39 is 6.03 Å². The van der Waals surface area contributed by atoms with Gasteiger partial charge in [-0.2, -0.15) is 0 Å². The minimum absolute atomic E-state index is 0.270. The van der Waals surface area contributed by atoms with Gasteiger partial charge in [-0.1, -0.05) is 6.42 Å². The number of urea groups is 1. The molecule has 1 aliphatic rings. The zero-order chi connectivity index (χ0) is 7.56. The minimum Gasteiger partial charge on any atom is -0.352 e. The molecule has 1 rings (SSSR count). The van der Waals surface area contributed by atoms with Gasteiger partial charge in [-0.3, -0.25) is 0 Å². The molecule has 0 aromatic heterocycles. The monoisotopic (exact) mass is 142 g/mol. The Morgan fingerprint density at radius 2 is 2.30 bits per heavy atom. The van der Waals surface area contributed by atoms with E-state index in [1.165, 1.54) is 19.3 Å². The highest BCUT2D eigenvalue weighted by molar-refractivity contribution is 5.71. The Morgan fingerprint density at radius 1 is 1.70 bits per heavy atom. The standard InChI is InChI=1S/C7H14N2O/c1-5(9-7(8)10)6-3-2-4-6/h5-6H,2-4H2,1H3,(H3,8,9,10)/t5-/m0/s1. The zero-order valence-corrected chi connectivity index (χ0v) is 6.26. The molecule has 3 heteroatoms. The fourth-order valence-corrected chi connectivity index (χ4v) is 1.28. The highest BCUT2D eigenvalue weighted by atomic mass is 16.2. The molecule has 0 radical (unpaired) electrons. The Bertz CT molecular complexity index is 132. The normalized spacial score (nSPS) is 21.3. The van der Waals surface area contributed by atoms with Crippen molar-refractivity contribution in [1.29, 1.82) is 0 Å². The van der Waals surface area contributed by atoms with Gasteiger partial charge in [-0.25, -0.2) is 4.79 Å². The molecular weight excluding hydrogens is 128 g/mol. The van der Waals surface area contributed by atoms with Crippen molar-refractivity contribution in [3.05, 3.63) is 0 Å². The van der Waals surface area contributed by atoms with Crippen LogP contribution in [0.3, 0.4) is 0 Å². The van der Waals surface area contributed by atoms with Gasteiger partial charge < -0.3 is 11.1 Å². The summed E-state index contributed by atoms with van der Waals surface area (Å²) in [6.07, 6.45) is 3.78. The van der Waals surface area contributed by atoms with E-state index in [0.29, 0.717) is 5.92 Å². The maximum atomic E-state index is 10.4. The van der Waals surface area contributed by atoms with Gasteiger partial charge in [-0.05, 0) is 25.7 Å². The molecule has 0 heterocycles. The van der Waals surface area contributed by atoms with Gasteiger partial charge in [0.2, 0.25) is 0 Å². The van der Waals surface area contributed by atoms with E-state index in [1.54, 1.807) is 0 Å². The molecule has 0 unspecified atom stereocenters. The molecule has 2 amide bonds. The SMILES string of the molecule is C[C@H](NC(N)=O)C1CCC1. The molecule has 1 aliphatic carbocycles. The Hall–Kier alpha value is -0.730. The van der Waals surface area contributed by atoms with Gasteiger partial charge in [0, 0.05) is 6.04 Å². The van der Waals surface area contributed by atoms with Crippen LogP contribution in [0.5, 0.6) is 0 Å². The Morgan fingerprint density at radius 3 is 2.60 bits per heavy atom. The highest BCUT2D eigenvalue weighted by Crippen LogP contribution is 2.29. The maximum Gasteiger partial charge on any atom is 0.312 e.